The molecule has 153 valence electrons. The summed E-state index contributed by atoms with van der Waals surface area (Å²) in [5, 5.41) is 5.90. The molecule has 5 rings (SSSR count). The molecule has 0 N–H and O–H groups in total. The van der Waals surface area contributed by atoms with Crippen LogP contribution in [0, 0.1) is 0 Å². The Morgan fingerprint density at radius 2 is 0.781 bits per heavy atom. The van der Waals surface area contributed by atoms with Crippen LogP contribution in [0.2, 0.25) is 0 Å². The van der Waals surface area contributed by atoms with Crippen LogP contribution >= 0.6 is 15.5 Å². The van der Waals surface area contributed by atoms with Gasteiger partial charge >= 0.3 is 0 Å². The average molecular weight is 445 g/mol. The molecule has 0 saturated heterocycles. The van der Waals surface area contributed by atoms with E-state index in [0.29, 0.717) is 0 Å². The van der Waals surface area contributed by atoms with Crippen LogP contribution in [0.5, 0.6) is 0 Å². The highest BCUT2D eigenvalue weighted by Gasteiger charge is 2.20. The van der Waals surface area contributed by atoms with Gasteiger partial charge in [-0.05, 0) is 41.8 Å². The minimum Gasteiger partial charge on any atom is -0.104 e. The molecule has 0 aliphatic carbocycles. The molecule has 3 heteroatoms. The fourth-order valence-corrected chi connectivity index (χ4v) is 10.7. The molecular weight excluding hydrogens is 421 g/mol. The quantitative estimate of drug-likeness (QED) is 0.185. The fourth-order valence-electron chi connectivity index (χ4n) is 4.01. The van der Waals surface area contributed by atoms with E-state index in [4.69, 9.17) is 0 Å². The van der Waals surface area contributed by atoms with Crippen molar-refractivity contribution >= 4 is 34.5 Å². The molecule has 0 fully saturated rings. The van der Waals surface area contributed by atoms with E-state index in [1.54, 1.807) is 0 Å². The molecule has 4 aromatic carbocycles. The van der Waals surface area contributed by atoms with Crippen molar-refractivity contribution < 1.29 is 0 Å². The van der Waals surface area contributed by atoms with Crippen molar-refractivity contribution in [2.24, 2.45) is 0 Å². The van der Waals surface area contributed by atoms with Crippen molar-refractivity contribution in [1.29, 1.82) is 0 Å². The topological polar surface area (TPSA) is 0 Å². The summed E-state index contributed by atoms with van der Waals surface area (Å²) in [4.78, 5) is 0. The highest BCUT2D eigenvalue weighted by atomic mass is 31.2. The molecule has 0 spiro atoms. The summed E-state index contributed by atoms with van der Waals surface area (Å²) in [6, 6.07) is 48.8. The molecule has 0 nitrogen and oxygen atoms in total. The van der Waals surface area contributed by atoms with Crippen LogP contribution in [0.3, 0.4) is 0 Å². The van der Waals surface area contributed by atoms with Crippen LogP contribution < -0.4 is 10.6 Å². The van der Waals surface area contributed by atoms with Crippen molar-refractivity contribution in [3.63, 3.8) is 0 Å². The monoisotopic (exact) mass is 445 g/mol. The van der Waals surface area contributed by atoms with Gasteiger partial charge in [0.2, 0.25) is 0 Å². The average Bonchev–Trinajstić information content (AvgIpc) is 3.28. The van der Waals surface area contributed by atoms with E-state index in [2.05, 4.69) is 133 Å². The summed E-state index contributed by atoms with van der Waals surface area (Å²) in [6.07, 6.45) is 0. The van der Waals surface area contributed by atoms with Crippen LogP contribution in [-0.4, -0.2) is 8.41 Å². The van der Waals surface area contributed by atoms with Gasteiger partial charge in [0, 0.05) is 24.9 Å². The van der Waals surface area contributed by atoms with Gasteiger partial charge in [0.05, 0.1) is 0 Å². The van der Waals surface area contributed by atoms with E-state index in [0.717, 1.165) is 0 Å². The predicted molar refractivity (Wildman–Crippen MR) is 145 cm³/mol. The molecule has 0 saturated carbocycles. The van der Waals surface area contributed by atoms with Crippen LogP contribution in [0.25, 0.3) is 21.7 Å². The first kappa shape index (κ1) is 22.4. The molecular formula is C29H24BP2. The molecule has 0 aliphatic heterocycles. The van der Waals surface area contributed by atoms with Crippen molar-refractivity contribution in [1.82, 2.24) is 0 Å². The highest BCUT2D eigenvalue weighted by Crippen LogP contribution is 2.58. The largest absolute Gasteiger partial charge is 0.104 e. The molecule has 0 unspecified atom stereocenters. The molecule has 0 amide bonds. The summed E-state index contributed by atoms with van der Waals surface area (Å²) in [5.74, 6) is 1.17. The van der Waals surface area contributed by atoms with Gasteiger partial charge in [-0.2, -0.15) is 0 Å². The summed E-state index contributed by atoms with van der Waals surface area (Å²) >= 11 is 0. The first-order chi connectivity index (χ1) is 15.4. The maximum Gasteiger partial charge on any atom is 0.0155 e. The van der Waals surface area contributed by atoms with Gasteiger partial charge < -0.3 is 0 Å². The maximum atomic E-state index is 2.37. The Morgan fingerprint density at radius 1 is 0.438 bits per heavy atom. The molecule has 0 atom stereocenters. The Kier molecular flexibility index (Phi) is 7.44. The molecule has 1 heterocycles. The summed E-state index contributed by atoms with van der Waals surface area (Å²) in [6.45, 7) is 0. The van der Waals surface area contributed by atoms with Gasteiger partial charge in [-0.3, -0.25) is 0 Å². The van der Waals surface area contributed by atoms with E-state index in [9.17, 15) is 0 Å². The summed E-state index contributed by atoms with van der Waals surface area (Å²) in [5.41, 5.74) is 2.71. The van der Waals surface area contributed by atoms with Crippen LogP contribution in [0.1, 0.15) is 0 Å². The lowest BCUT2D eigenvalue weighted by molar-refractivity contribution is 1.69. The Labute approximate surface area is 195 Å². The molecule has 32 heavy (non-hydrogen) atoms. The van der Waals surface area contributed by atoms with Crippen molar-refractivity contribution in [2.75, 3.05) is 0 Å². The molecule has 3 radical (unpaired) electrons. The zero-order chi connectivity index (χ0) is 20.9. The second-order valence-electron chi connectivity index (χ2n) is 7.50. The smallest absolute Gasteiger partial charge is 0.0155 e. The van der Waals surface area contributed by atoms with Gasteiger partial charge in [-0.25, -0.2) is 0 Å². The first-order valence-electron chi connectivity index (χ1n) is 10.6. The standard InChI is InChI=1S/C29H24P2.B/c1-5-13-24(14-6-1)28-21-22-29(25-15-7-2-8-16-25)31(28)23-30(26-17-9-3-10-18-26)27-19-11-4-12-20-27;/h1-22H,23H2;. The molecule has 5 aromatic rings. The van der Waals surface area contributed by atoms with E-state index < -0.39 is 15.5 Å². The van der Waals surface area contributed by atoms with E-state index >= 15 is 0 Å². The van der Waals surface area contributed by atoms with Crippen molar-refractivity contribution in [2.45, 2.75) is 5.90 Å². The van der Waals surface area contributed by atoms with E-state index in [-0.39, 0.29) is 8.41 Å². The van der Waals surface area contributed by atoms with Crippen molar-refractivity contribution in [3.05, 3.63) is 133 Å². The normalized spacial score (nSPS) is 10.7. The maximum absolute atomic E-state index is 2.37. The first-order valence-corrected chi connectivity index (χ1v) is 13.6. The van der Waals surface area contributed by atoms with Crippen LogP contribution in [0.4, 0.5) is 0 Å². The molecule has 1 aromatic heterocycles. The second kappa shape index (κ2) is 10.6. The van der Waals surface area contributed by atoms with Gasteiger partial charge in [0.15, 0.2) is 0 Å². The Bertz CT molecular complexity index is 1140. The third kappa shape index (κ3) is 4.81. The van der Waals surface area contributed by atoms with Gasteiger partial charge in [0.1, 0.15) is 0 Å². The number of rotatable bonds is 6. The zero-order valence-electron chi connectivity index (χ0n) is 17.9. The number of hydrogen-bond acceptors (Lipinski definition) is 0. The van der Waals surface area contributed by atoms with Crippen LogP contribution in [0.15, 0.2) is 133 Å². The Morgan fingerprint density at radius 3 is 1.16 bits per heavy atom. The molecule has 0 aliphatic rings. The van der Waals surface area contributed by atoms with Gasteiger partial charge in [-0.1, -0.05) is 121 Å². The third-order valence-electron chi connectivity index (χ3n) is 5.54. The fraction of sp³-hybridized carbons (Fsp3) is 0.0345. The lowest BCUT2D eigenvalue weighted by atomic mass is 10.2. The zero-order valence-corrected chi connectivity index (χ0v) is 19.7. The minimum atomic E-state index is -0.460. The third-order valence-corrected chi connectivity index (χ3v) is 11.6. The van der Waals surface area contributed by atoms with Gasteiger partial charge in [0.25, 0.3) is 0 Å². The van der Waals surface area contributed by atoms with E-state index in [1.165, 1.54) is 38.2 Å². The minimum absolute atomic E-state index is 0. The SMILES string of the molecule is [B].c1ccc(-c2ccc(-c3ccccc3)p2CP(c2ccccc2)c2ccccc2)cc1. The van der Waals surface area contributed by atoms with Crippen molar-refractivity contribution in [3.8, 4) is 21.7 Å². The highest BCUT2D eigenvalue weighted by molar-refractivity contribution is 7.81. The molecule has 0 bridgehead atoms. The summed E-state index contributed by atoms with van der Waals surface area (Å²) in [7, 11) is -0.909. The summed E-state index contributed by atoms with van der Waals surface area (Å²) < 4.78 is 0. The lowest BCUT2D eigenvalue weighted by Gasteiger charge is -2.21. The Hall–Kier alpha value is -2.85. The number of benzene rings is 4. The Balaban J connectivity index is 0.00000245. The second-order valence-corrected chi connectivity index (χ2v) is 12.3. The predicted octanol–water partition coefficient (Wildman–Crippen LogP) is 7.72. The number of hydrogen-bond donors (Lipinski definition) is 0. The van der Waals surface area contributed by atoms with Crippen LogP contribution in [-0.2, 0) is 5.90 Å². The van der Waals surface area contributed by atoms with E-state index in [1.807, 2.05) is 0 Å². The van der Waals surface area contributed by atoms with Gasteiger partial charge in [-0.15, -0.1) is 7.53 Å². The lowest BCUT2D eigenvalue weighted by Crippen LogP contribution is -2.11.